The van der Waals surface area contributed by atoms with E-state index in [-0.39, 0.29) is 0 Å². The number of fused-ring (bicyclic) bond motifs is 3. The molecule has 0 saturated carbocycles. The van der Waals surface area contributed by atoms with Crippen molar-refractivity contribution < 1.29 is 4.42 Å². The van der Waals surface area contributed by atoms with Crippen LogP contribution in [0.4, 0.5) is 56.9 Å². The van der Waals surface area contributed by atoms with Crippen molar-refractivity contribution in [3.8, 4) is 0 Å². The Hall–Kier alpha value is -8.80. The number of allylic oxidation sites excluding steroid dienone is 4. The highest BCUT2D eigenvalue weighted by molar-refractivity contribution is 6.08. The zero-order chi connectivity index (χ0) is 44.1. The Kier molecular flexibility index (Phi) is 11.0. The largest absolute Gasteiger partial charge is 0.456 e. The summed E-state index contributed by atoms with van der Waals surface area (Å²) in [7, 11) is 0. The molecule has 0 bridgehead atoms. The van der Waals surface area contributed by atoms with Crippen molar-refractivity contribution in [2.75, 3.05) is 19.6 Å². The fraction of sp³-hybridized carbons (Fsp3) is 0.0164. The average molecular weight is 851 g/mol. The van der Waals surface area contributed by atoms with Gasteiger partial charge in [0, 0.05) is 85.5 Å². The summed E-state index contributed by atoms with van der Waals surface area (Å²) in [5, 5.41) is 2.10. The SMILES string of the molecule is C1=CC(N(c2ccccc2)c2ccccc2)=CC=C(N(c2ccccc2)c2ccc3oc4ccc(N(c5ccccc5)c5ccc(N(c6ccccc6)c6ccccc6)cc5)cc4c3c2)C1. The number of rotatable bonds is 12. The van der Waals surface area contributed by atoms with Crippen LogP contribution in [0.2, 0.25) is 0 Å². The van der Waals surface area contributed by atoms with E-state index in [1.807, 2.05) is 0 Å². The van der Waals surface area contributed by atoms with Crippen LogP contribution in [0.15, 0.2) is 283 Å². The summed E-state index contributed by atoms with van der Waals surface area (Å²) in [6.07, 6.45) is 9.73. The summed E-state index contributed by atoms with van der Waals surface area (Å²) in [6.45, 7) is 0. The van der Waals surface area contributed by atoms with E-state index in [0.29, 0.717) is 0 Å². The van der Waals surface area contributed by atoms with Gasteiger partial charge in [0.25, 0.3) is 0 Å². The Morgan fingerprint density at radius 1 is 0.288 bits per heavy atom. The number of hydrogen-bond acceptors (Lipinski definition) is 5. The molecule has 66 heavy (non-hydrogen) atoms. The molecule has 5 heteroatoms. The first-order valence-corrected chi connectivity index (χ1v) is 22.4. The van der Waals surface area contributed by atoms with Gasteiger partial charge in [-0.15, -0.1) is 0 Å². The van der Waals surface area contributed by atoms with Gasteiger partial charge in [0.2, 0.25) is 0 Å². The molecule has 0 aliphatic heterocycles. The monoisotopic (exact) mass is 850 g/mol. The minimum Gasteiger partial charge on any atom is -0.456 e. The van der Waals surface area contributed by atoms with E-state index in [1.54, 1.807) is 0 Å². The molecule has 9 aromatic carbocycles. The number of hydrogen-bond donors (Lipinski definition) is 0. The molecule has 0 spiro atoms. The molecular formula is C61H46N4O. The number of anilines is 10. The van der Waals surface area contributed by atoms with Crippen LogP contribution in [0.3, 0.4) is 0 Å². The second-order valence-electron chi connectivity index (χ2n) is 16.2. The van der Waals surface area contributed by atoms with Crippen LogP contribution in [0, 0.1) is 0 Å². The molecule has 1 aliphatic carbocycles. The summed E-state index contributed by atoms with van der Waals surface area (Å²) >= 11 is 0. The van der Waals surface area contributed by atoms with Crippen molar-refractivity contribution in [2.45, 2.75) is 6.42 Å². The fourth-order valence-corrected chi connectivity index (χ4v) is 8.99. The maximum atomic E-state index is 6.57. The molecule has 316 valence electrons. The first-order chi connectivity index (χ1) is 32.7. The molecule has 1 aromatic heterocycles. The molecule has 0 N–H and O–H groups in total. The molecule has 10 aromatic rings. The first-order valence-electron chi connectivity index (χ1n) is 22.4. The van der Waals surface area contributed by atoms with Crippen molar-refractivity contribution in [3.05, 3.63) is 278 Å². The van der Waals surface area contributed by atoms with Crippen molar-refractivity contribution in [2.24, 2.45) is 0 Å². The predicted octanol–water partition coefficient (Wildman–Crippen LogP) is 17.2. The third-order valence-electron chi connectivity index (χ3n) is 12.0. The molecule has 0 amide bonds. The predicted molar refractivity (Wildman–Crippen MR) is 277 cm³/mol. The maximum Gasteiger partial charge on any atom is 0.135 e. The number of furan rings is 1. The first kappa shape index (κ1) is 40.0. The van der Waals surface area contributed by atoms with Crippen LogP contribution in [0.1, 0.15) is 6.42 Å². The summed E-state index contributed by atoms with van der Waals surface area (Å²) in [4.78, 5) is 9.28. The van der Waals surface area contributed by atoms with E-state index in [2.05, 4.69) is 287 Å². The van der Waals surface area contributed by atoms with E-state index in [4.69, 9.17) is 4.42 Å². The average Bonchev–Trinajstić information content (AvgIpc) is 3.58. The van der Waals surface area contributed by atoms with Gasteiger partial charge in [-0.05, 0) is 152 Å². The van der Waals surface area contributed by atoms with Crippen molar-refractivity contribution in [1.82, 2.24) is 0 Å². The van der Waals surface area contributed by atoms with Crippen LogP contribution in [-0.4, -0.2) is 0 Å². The molecule has 0 unspecified atom stereocenters. The van der Waals surface area contributed by atoms with Gasteiger partial charge >= 0.3 is 0 Å². The Labute approximate surface area is 386 Å². The second kappa shape index (κ2) is 18.1. The van der Waals surface area contributed by atoms with E-state index in [0.717, 1.165) is 96.6 Å². The van der Waals surface area contributed by atoms with Gasteiger partial charge in [0.15, 0.2) is 0 Å². The fourth-order valence-electron chi connectivity index (χ4n) is 8.99. The molecule has 1 aliphatic rings. The van der Waals surface area contributed by atoms with Gasteiger partial charge in [0.1, 0.15) is 11.2 Å². The van der Waals surface area contributed by atoms with Crippen molar-refractivity contribution in [1.29, 1.82) is 0 Å². The van der Waals surface area contributed by atoms with Crippen LogP contribution >= 0.6 is 0 Å². The molecule has 0 fully saturated rings. The van der Waals surface area contributed by atoms with Crippen LogP contribution < -0.4 is 19.6 Å². The standard InChI is InChI=1S/C61H46N4O/c1-7-20-46(21-8-1)62(47-22-9-2-10-23-47)52-32-19-33-53(35-34-52)64(50-28-15-5-16-29-50)56-40-42-60-58(44-56)59-45-57(41-43-61(59)66-60)65(51-30-17-6-18-31-51)55-38-36-54(37-39-55)63(48-24-11-3-12-25-48)49-26-13-4-14-27-49/h1-32,34-45H,33H2. The van der Waals surface area contributed by atoms with Crippen LogP contribution in [0.5, 0.6) is 0 Å². The van der Waals surface area contributed by atoms with Gasteiger partial charge in [-0.25, -0.2) is 0 Å². The van der Waals surface area contributed by atoms with E-state index >= 15 is 0 Å². The van der Waals surface area contributed by atoms with E-state index in [9.17, 15) is 0 Å². The topological polar surface area (TPSA) is 26.1 Å². The minimum atomic E-state index is 0.736. The van der Waals surface area contributed by atoms with Gasteiger partial charge in [0.05, 0.1) is 0 Å². The Morgan fingerprint density at radius 3 is 1.02 bits per heavy atom. The summed E-state index contributed by atoms with van der Waals surface area (Å²) in [5.74, 6) is 0. The normalized spacial score (nSPS) is 12.3. The number of benzene rings is 9. The van der Waals surface area contributed by atoms with Crippen LogP contribution in [0.25, 0.3) is 21.9 Å². The lowest BCUT2D eigenvalue weighted by Crippen LogP contribution is -2.16. The second-order valence-corrected chi connectivity index (χ2v) is 16.2. The molecule has 1 heterocycles. The lowest BCUT2D eigenvalue weighted by Gasteiger charge is -2.28. The summed E-state index contributed by atoms with van der Waals surface area (Å²) in [5.41, 5.74) is 14.7. The molecule has 0 radical (unpaired) electrons. The van der Waals surface area contributed by atoms with Crippen molar-refractivity contribution >= 4 is 78.8 Å². The number of para-hydroxylation sites is 6. The Bertz CT molecular complexity index is 3230. The van der Waals surface area contributed by atoms with Gasteiger partial charge in [-0.3, -0.25) is 0 Å². The molecular weight excluding hydrogens is 805 g/mol. The highest BCUT2D eigenvalue weighted by atomic mass is 16.3. The van der Waals surface area contributed by atoms with Crippen molar-refractivity contribution in [3.63, 3.8) is 0 Å². The highest BCUT2D eigenvalue weighted by Crippen LogP contribution is 2.43. The van der Waals surface area contributed by atoms with Gasteiger partial charge < -0.3 is 24.0 Å². The molecule has 11 rings (SSSR count). The lowest BCUT2D eigenvalue weighted by molar-refractivity contribution is 0.669. The smallest absolute Gasteiger partial charge is 0.135 e. The van der Waals surface area contributed by atoms with Gasteiger partial charge in [-0.2, -0.15) is 0 Å². The molecule has 0 saturated heterocycles. The minimum absolute atomic E-state index is 0.736. The van der Waals surface area contributed by atoms with E-state index < -0.39 is 0 Å². The molecule has 5 nitrogen and oxygen atoms in total. The third-order valence-corrected chi connectivity index (χ3v) is 12.0. The maximum absolute atomic E-state index is 6.57. The van der Waals surface area contributed by atoms with E-state index in [1.165, 1.54) is 0 Å². The van der Waals surface area contributed by atoms with Crippen LogP contribution in [-0.2, 0) is 0 Å². The van der Waals surface area contributed by atoms with Gasteiger partial charge in [-0.1, -0.05) is 115 Å². The Morgan fingerprint density at radius 2 is 0.606 bits per heavy atom. The zero-order valence-corrected chi connectivity index (χ0v) is 36.3. The third kappa shape index (κ3) is 8.02. The Balaban J connectivity index is 0.988. The lowest BCUT2D eigenvalue weighted by atomic mass is 10.1. The molecule has 0 atom stereocenters. The zero-order valence-electron chi connectivity index (χ0n) is 36.3. The number of nitrogens with zero attached hydrogens (tertiary/aromatic N) is 4. The quantitative estimate of drug-likeness (QED) is 0.122. The summed E-state index contributed by atoms with van der Waals surface area (Å²) < 4.78 is 6.57. The highest BCUT2D eigenvalue weighted by Gasteiger charge is 2.21. The summed E-state index contributed by atoms with van der Waals surface area (Å²) in [6, 6.07) is 85.3.